The molecule has 1 aromatic carbocycles. The van der Waals surface area contributed by atoms with Crippen LogP contribution in [-0.2, 0) is 6.42 Å². The molecule has 0 N–H and O–H groups in total. The van der Waals surface area contributed by atoms with Gasteiger partial charge in [-0.2, -0.15) is 0 Å². The summed E-state index contributed by atoms with van der Waals surface area (Å²) in [6.45, 7) is 4.66. The minimum atomic E-state index is 0.0375. The number of fused-ring (bicyclic) bond motifs is 1. The van der Waals surface area contributed by atoms with Gasteiger partial charge in [-0.15, -0.1) is 0 Å². The highest BCUT2D eigenvalue weighted by Gasteiger charge is 2.25. The van der Waals surface area contributed by atoms with Gasteiger partial charge in [-0.1, -0.05) is 27.5 Å². The van der Waals surface area contributed by atoms with E-state index in [0.29, 0.717) is 0 Å². The number of alkyl halides is 1. The van der Waals surface area contributed by atoms with E-state index in [1.807, 2.05) is 26.0 Å². The Morgan fingerprint density at radius 3 is 2.68 bits per heavy atom. The molecule has 1 aromatic heterocycles. The molecule has 1 aliphatic heterocycles. The topological polar surface area (TPSA) is 22.4 Å². The predicted octanol–water partition coefficient (Wildman–Crippen LogP) is 4.97. The highest BCUT2D eigenvalue weighted by Crippen LogP contribution is 2.43. The Labute approximate surface area is 125 Å². The van der Waals surface area contributed by atoms with Crippen molar-refractivity contribution in [1.29, 1.82) is 0 Å². The summed E-state index contributed by atoms with van der Waals surface area (Å²) in [5, 5.41) is 0.751. The number of halogens is 2. The summed E-state index contributed by atoms with van der Waals surface area (Å²) in [5.74, 6) is 2.80. The molecule has 1 aliphatic rings. The van der Waals surface area contributed by atoms with Gasteiger partial charge in [0.1, 0.15) is 17.3 Å². The third kappa shape index (κ3) is 2.30. The minimum Gasteiger partial charge on any atom is -0.493 e. The van der Waals surface area contributed by atoms with Crippen molar-refractivity contribution in [3.8, 4) is 5.75 Å². The molecule has 0 amide bonds. The molecular formula is C15H14BrClO2. The van der Waals surface area contributed by atoms with Gasteiger partial charge >= 0.3 is 0 Å². The average Bonchev–Trinajstić information content (AvgIpc) is 2.93. The molecule has 2 nitrogen and oxygen atoms in total. The van der Waals surface area contributed by atoms with Crippen molar-refractivity contribution in [2.45, 2.75) is 25.1 Å². The van der Waals surface area contributed by atoms with Crippen LogP contribution in [-0.4, -0.2) is 6.61 Å². The van der Waals surface area contributed by atoms with Gasteiger partial charge < -0.3 is 9.15 Å². The lowest BCUT2D eigenvalue weighted by Gasteiger charge is -2.14. The summed E-state index contributed by atoms with van der Waals surface area (Å²) in [7, 11) is 0. The first-order valence-electron chi connectivity index (χ1n) is 6.22. The van der Waals surface area contributed by atoms with Crippen molar-refractivity contribution in [2.24, 2.45) is 0 Å². The molecular weight excluding hydrogens is 328 g/mol. The van der Waals surface area contributed by atoms with Gasteiger partial charge in [0.25, 0.3) is 0 Å². The fraction of sp³-hybridized carbons (Fsp3) is 0.333. The molecule has 1 atom stereocenters. The van der Waals surface area contributed by atoms with Crippen molar-refractivity contribution in [3.05, 3.63) is 51.4 Å². The van der Waals surface area contributed by atoms with Crippen molar-refractivity contribution >= 4 is 27.5 Å². The third-order valence-electron chi connectivity index (χ3n) is 3.40. The smallest absolute Gasteiger partial charge is 0.127 e. The zero-order valence-corrected chi connectivity index (χ0v) is 13.1. The number of ether oxygens (including phenoxy) is 1. The lowest BCUT2D eigenvalue weighted by molar-refractivity contribution is 0.354. The first-order chi connectivity index (χ1) is 9.06. The molecule has 0 spiro atoms. The monoisotopic (exact) mass is 340 g/mol. The fourth-order valence-electron chi connectivity index (χ4n) is 2.56. The molecule has 0 fully saturated rings. The molecule has 0 radical (unpaired) electrons. The van der Waals surface area contributed by atoms with Gasteiger partial charge in [-0.25, -0.2) is 0 Å². The van der Waals surface area contributed by atoms with E-state index in [1.165, 1.54) is 5.56 Å². The van der Waals surface area contributed by atoms with Gasteiger partial charge in [0, 0.05) is 22.6 Å². The van der Waals surface area contributed by atoms with Crippen LogP contribution in [0.2, 0.25) is 5.02 Å². The van der Waals surface area contributed by atoms with Crippen LogP contribution in [0.25, 0.3) is 0 Å². The predicted molar refractivity (Wildman–Crippen MR) is 79.6 cm³/mol. The maximum atomic E-state index is 6.21. The number of aryl methyl sites for hydroxylation is 2. The molecule has 4 heteroatoms. The largest absolute Gasteiger partial charge is 0.493 e. The molecule has 0 saturated heterocycles. The van der Waals surface area contributed by atoms with E-state index in [2.05, 4.69) is 22.0 Å². The lowest BCUT2D eigenvalue weighted by Crippen LogP contribution is -1.97. The first kappa shape index (κ1) is 13.1. The number of furan rings is 1. The van der Waals surface area contributed by atoms with Crippen LogP contribution in [0.15, 0.2) is 22.6 Å². The van der Waals surface area contributed by atoms with E-state index in [9.17, 15) is 0 Å². The van der Waals surface area contributed by atoms with E-state index in [0.717, 1.165) is 46.4 Å². The Hall–Kier alpha value is -0.930. The van der Waals surface area contributed by atoms with Gasteiger partial charge in [0.05, 0.1) is 11.4 Å². The normalized spacial score (nSPS) is 15.2. The number of rotatable bonds is 2. The third-order valence-corrected chi connectivity index (χ3v) is 4.61. The highest BCUT2D eigenvalue weighted by atomic mass is 79.9. The fourth-order valence-corrected chi connectivity index (χ4v) is 3.60. The van der Waals surface area contributed by atoms with E-state index < -0.39 is 0 Å². The Morgan fingerprint density at radius 1 is 1.21 bits per heavy atom. The van der Waals surface area contributed by atoms with Crippen LogP contribution in [0, 0.1) is 13.8 Å². The Bertz CT molecular complexity index is 633. The maximum absolute atomic E-state index is 6.21. The summed E-state index contributed by atoms with van der Waals surface area (Å²) in [4.78, 5) is 0.0375. The second-order valence-corrected chi connectivity index (χ2v) is 6.16. The Balaban J connectivity index is 2.09. The van der Waals surface area contributed by atoms with Crippen LogP contribution in [0.5, 0.6) is 5.75 Å². The molecule has 0 aliphatic carbocycles. The number of hydrogen-bond acceptors (Lipinski definition) is 2. The van der Waals surface area contributed by atoms with Gasteiger partial charge in [-0.3, -0.25) is 0 Å². The van der Waals surface area contributed by atoms with E-state index in [1.54, 1.807) is 0 Å². The molecule has 1 unspecified atom stereocenters. The Morgan fingerprint density at radius 2 is 2.00 bits per heavy atom. The summed E-state index contributed by atoms with van der Waals surface area (Å²) in [6, 6.07) is 6.00. The second kappa shape index (κ2) is 4.88. The van der Waals surface area contributed by atoms with E-state index in [4.69, 9.17) is 20.8 Å². The number of hydrogen-bond donors (Lipinski definition) is 0. The van der Waals surface area contributed by atoms with E-state index in [-0.39, 0.29) is 4.83 Å². The molecule has 0 saturated carbocycles. The molecule has 0 bridgehead atoms. The molecule has 100 valence electrons. The van der Waals surface area contributed by atoms with Gasteiger partial charge in [0.2, 0.25) is 0 Å². The van der Waals surface area contributed by atoms with Gasteiger partial charge in [-0.05, 0) is 37.6 Å². The molecule has 2 heterocycles. The summed E-state index contributed by atoms with van der Waals surface area (Å²) >= 11 is 9.95. The van der Waals surface area contributed by atoms with Crippen molar-refractivity contribution in [3.63, 3.8) is 0 Å². The van der Waals surface area contributed by atoms with Crippen LogP contribution in [0.4, 0.5) is 0 Å². The SMILES string of the molecule is Cc1cc(C(Br)c2cc(Cl)cc3c2OCC3)c(C)o1. The van der Waals surface area contributed by atoms with Crippen LogP contribution < -0.4 is 4.74 Å². The highest BCUT2D eigenvalue weighted by molar-refractivity contribution is 9.09. The average molecular weight is 342 g/mol. The standard InChI is InChI=1S/C15H14BrClO2/c1-8-5-12(9(2)19-8)14(16)13-7-11(17)6-10-3-4-18-15(10)13/h5-7,14H,3-4H2,1-2H3. The van der Waals surface area contributed by atoms with Crippen LogP contribution in [0.3, 0.4) is 0 Å². The Kier molecular flexibility index (Phi) is 3.35. The first-order valence-corrected chi connectivity index (χ1v) is 7.51. The van der Waals surface area contributed by atoms with Crippen molar-refractivity contribution < 1.29 is 9.15 Å². The van der Waals surface area contributed by atoms with Crippen LogP contribution in [0.1, 0.15) is 33.0 Å². The zero-order valence-electron chi connectivity index (χ0n) is 10.8. The van der Waals surface area contributed by atoms with Crippen molar-refractivity contribution in [1.82, 2.24) is 0 Å². The quantitative estimate of drug-likeness (QED) is 0.720. The van der Waals surface area contributed by atoms with Gasteiger partial charge in [0.15, 0.2) is 0 Å². The summed E-state index contributed by atoms with van der Waals surface area (Å²) in [6.07, 6.45) is 0.923. The summed E-state index contributed by atoms with van der Waals surface area (Å²) in [5.41, 5.74) is 3.38. The molecule has 3 rings (SSSR count). The lowest BCUT2D eigenvalue weighted by atomic mass is 10.0. The zero-order chi connectivity index (χ0) is 13.6. The van der Waals surface area contributed by atoms with E-state index >= 15 is 0 Å². The van der Waals surface area contributed by atoms with Crippen molar-refractivity contribution in [2.75, 3.05) is 6.61 Å². The van der Waals surface area contributed by atoms with Crippen LogP contribution >= 0.6 is 27.5 Å². The second-order valence-electron chi connectivity index (χ2n) is 4.81. The summed E-state index contributed by atoms with van der Waals surface area (Å²) < 4.78 is 11.4. The number of benzene rings is 1. The maximum Gasteiger partial charge on any atom is 0.127 e. The minimum absolute atomic E-state index is 0.0375. The molecule has 19 heavy (non-hydrogen) atoms. The molecule has 2 aromatic rings.